The molecule has 0 bridgehead atoms. The Balaban J connectivity index is 1.86. The zero-order valence-electron chi connectivity index (χ0n) is 16.1. The highest BCUT2D eigenvalue weighted by atomic mass is 35.5. The average molecular weight is 393 g/mol. The summed E-state index contributed by atoms with van der Waals surface area (Å²) in [5.74, 6) is 0.693. The van der Waals surface area contributed by atoms with Crippen molar-refractivity contribution in [1.82, 2.24) is 0 Å². The minimum Gasteiger partial charge on any atom is -0.497 e. The molecule has 1 saturated heterocycles. The first-order chi connectivity index (χ1) is 12.6. The van der Waals surface area contributed by atoms with E-state index in [1.807, 2.05) is 45.9 Å². The molecule has 0 unspecified atom stereocenters. The van der Waals surface area contributed by atoms with Gasteiger partial charge in [-0.2, -0.15) is 0 Å². The number of methoxy groups -OCH3 is 1. The Hall–Kier alpha value is -1.76. The van der Waals surface area contributed by atoms with Crippen molar-refractivity contribution in [3.63, 3.8) is 0 Å². The highest BCUT2D eigenvalue weighted by Crippen LogP contribution is 2.37. The largest absolute Gasteiger partial charge is 0.497 e. The second kappa shape index (κ2) is 7.34. The SMILES string of the molecule is COc1ccc(B2OC(C)(C)C(C)(C)O2)c(COc2ccc(F)c(Cl)c2)c1. The Morgan fingerprint density at radius 1 is 1.00 bits per heavy atom. The minimum atomic E-state index is -0.517. The molecule has 1 fully saturated rings. The molecule has 0 aromatic heterocycles. The summed E-state index contributed by atoms with van der Waals surface area (Å²) < 4.78 is 36.8. The maximum atomic E-state index is 13.3. The van der Waals surface area contributed by atoms with Crippen LogP contribution in [0.4, 0.5) is 4.39 Å². The standard InChI is InChI=1S/C20H23BClFO4/c1-19(2)20(3,4)27-21(26-19)16-8-6-14(24-5)10-13(16)12-25-15-7-9-18(23)17(22)11-15/h6-11H,12H2,1-5H3. The van der Waals surface area contributed by atoms with Crippen LogP contribution < -0.4 is 14.9 Å². The van der Waals surface area contributed by atoms with E-state index in [0.717, 1.165) is 11.0 Å². The first-order valence-corrected chi connectivity index (χ1v) is 9.11. The van der Waals surface area contributed by atoms with E-state index in [4.69, 9.17) is 30.4 Å². The molecule has 2 aromatic carbocycles. The summed E-state index contributed by atoms with van der Waals surface area (Å²) in [6.45, 7) is 8.26. The fourth-order valence-electron chi connectivity index (χ4n) is 2.76. The summed E-state index contributed by atoms with van der Waals surface area (Å²) in [6.07, 6.45) is 0. The molecule has 27 heavy (non-hydrogen) atoms. The monoisotopic (exact) mass is 392 g/mol. The molecular weight excluding hydrogens is 369 g/mol. The maximum absolute atomic E-state index is 13.3. The van der Waals surface area contributed by atoms with Crippen LogP contribution in [-0.2, 0) is 15.9 Å². The predicted molar refractivity (Wildman–Crippen MR) is 104 cm³/mol. The van der Waals surface area contributed by atoms with Gasteiger partial charge in [-0.3, -0.25) is 0 Å². The van der Waals surface area contributed by atoms with Crippen molar-refractivity contribution < 1.29 is 23.2 Å². The molecule has 1 heterocycles. The summed E-state index contributed by atoms with van der Waals surface area (Å²) in [6, 6.07) is 9.92. The minimum absolute atomic E-state index is 0.0179. The van der Waals surface area contributed by atoms with Crippen LogP contribution in [0.1, 0.15) is 33.3 Å². The molecule has 0 atom stereocenters. The van der Waals surface area contributed by atoms with Gasteiger partial charge < -0.3 is 18.8 Å². The van der Waals surface area contributed by atoms with Crippen LogP contribution in [0.5, 0.6) is 11.5 Å². The van der Waals surface area contributed by atoms with Gasteiger partial charge in [0, 0.05) is 6.07 Å². The molecule has 3 rings (SSSR count). The fourth-order valence-corrected chi connectivity index (χ4v) is 2.93. The quantitative estimate of drug-likeness (QED) is 0.708. The Labute approximate surface area is 164 Å². The zero-order valence-corrected chi connectivity index (χ0v) is 16.9. The van der Waals surface area contributed by atoms with Gasteiger partial charge in [0.25, 0.3) is 0 Å². The second-order valence-corrected chi connectivity index (χ2v) is 7.92. The topological polar surface area (TPSA) is 36.9 Å². The smallest absolute Gasteiger partial charge is 0.495 e. The van der Waals surface area contributed by atoms with Gasteiger partial charge in [0.15, 0.2) is 0 Å². The normalized spacial score (nSPS) is 17.8. The van der Waals surface area contributed by atoms with E-state index in [0.29, 0.717) is 11.5 Å². The van der Waals surface area contributed by atoms with Crippen LogP contribution in [0.15, 0.2) is 36.4 Å². The van der Waals surface area contributed by atoms with Crippen molar-refractivity contribution >= 4 is 24.2 Å². The van der Waals surface area contributed by atoms with Gasteiger partial charge in [-0.05, 0) is 63.0 Å². The van der Waals surface area contributed by atoms with Crippen LogP contribution >= 0.6 is 11.6 Å². The lowest BCUT2D eigenvalue weighted by Crippen LogP contribution is -2.41. The number of benzene rings is 2. The lowest BCUT2D eigenvalue weighted by atomic mass is 9.76. The fraction of sp³-hybridized carbons (Fsp3) is 0.400. The summed E-state index contributed by atoms with van der Waals surface area (Å²) in [7, 11) is 1.09. The lowest BCUT2D eigenvalue weighted by Gasteiger charge is -2.32. The van der Waals surface area contributed by atoms with Crippen LogP contribution in [0.3, 0.4) is 0 Å². The van der Waals surface area contributed by atoms with Gasteiger partial charge in [-0.15, -0.1) is 0 Å². The van der Waals surface area contributed by atoms with E-state index in [1.165, 1.54) is 18.2 Å². The molecule has 0 spiro atoms. The third-order valence-corrected chi connectivity index (χ3v) is 5.43. The Kier molecular flexibility index (Phi) is 5.44. The number of ether oxygens (including phenoxy) is 2. The highest BCUT2D eigenvalue weighted by Gasteiger charge is 2.52. The molecule has 0 N–H and O–H groups in total. The molecule has 0 aliphatic carbocycles. The van der Waals surface area contributed by atoms with Crippen molar-refractivity contribution in [2.75, 3.05) is 7.11 Å². The van der Waals surface area contributed by atoms with Crippen LogP contribution in [0.25, 0.3) is 0 Å². The van der Waals surface area contributed by atoms with Gasteiger partial charge in [0.05, 0.1) is 23.3 Å². The van der Waals surface area contributed by atoms with E-state index in [9.17, 15) is 4.39 Å². The first kappa shape index (κ1) is 20.0. The number of hydrogen-bond donors (Lipinski definition) is 0. The van der Waals surface area contributed by atoms with Crippen molar-refractivity contribution in [1.29, 1.82) is 0 Å². The summed E-state index contributed by atoms with van der Waals surface area (Å²) in [5, 5.41) is 0.0179. The first-order valence-electron chi connectivity index (χ1n) is 8.73. The molecular formula is C20H23BClFO4. The zero-order chi connectivity index (χ0) is 19.8. The summed E-state index contributed by atoms with van der Waals surface area (Å²) >= 11 is 5.83. The van der Waals surface area contributed by atoms with Crippen LogP contribution in [0.2, 0.25) is 5.02 Å². The molecule has 0 amide bonds. The molecule has 1 aliphatic heterocycles. The van der Waals surface area contributed by atoms with Crippen molar-refractivity contribution in [2.45, 2.75) is 45.5 Å². The van der Waals surface area contributed by atoms with E-state index >= 15 is 0 Å². The molecule has 0 radical (unpaired) electrons. The van der Waals surface area contributed by atoms with Crippen molar-refractivity contribution in [3.8, 4) is 11.5 Å². The Bertz CT molecular complexity index is 825. The van der Waals surface area contributed by atoms with Gasteiger partial charge in [0.1, 0.15) is 23.9 Å². The predicted octanol–water partition coefficient (Wildman–Crippen LogP) is 4.37. The van der Waals surface area contributed by atoms with Gasteiger partial charge >= 0.3 is 7.12 Å². The average Bonchev–Trinajstić information content (AvgIpc) is 2.83. The number of hydrogen-bond acceptors (Lipinski definition) is 4. The van der Waals surface area contributed by atoms with Gasteiger partial charge in [0.2, 0.25) is 0 Å². The van der Waals surface area contributed by atoms with Gasteiger partial charge in [-0.25, -0.2) is 4.39 Å². The molecule has 0 saturated carbocycles. The number of rotatable bonds is 5. The molecule has 2 aromatic rings. The summed E-state index contributed by atoms with van der Waals surface area (Å²) in [4.78, 5) is 0. The Morgan fingerprint density at radius 3 is 2.22 bits per heavy atom. The molecule has 4 nitrogen and oxygen atoms in total. The van der Waals surface area contributed by atoms with E-state index < -0.39 is 24.1 Å². The summed E-state index contributed by atoms with van der Waals surface area (Å²) in [5.41, 5.74) is 0.830. The van der Waals surface area contributed by atoms with Gasteiger partial charge in [-0.1, -0.05) is 17.7 Å². The van der Waals surface area contributed by atoms with Crippen LogP contribution in [-0.4, -0.2) is 25.4 Å². The second-order valence-electron chi connectivity index (χ2n) is 7.52. The third kappa shape index (κ3) is 4.08. The van der Waals surface area contributed by atoms with Crippen molar-refractivity contribution in [3.05, 3.63) is 52.8 Å². The molecule has 144 valence electrons. The van der Waals surface area contributed by atoms with E-state index in [-0.39, 0.29) is 11.6 Å². The number of halogens is 2. The third-order valence-electron chi connectivity index (χ3n) is 5.14. The Morgan fingerprint density at radius 2 is 1.63 bits per heavy atom. The molecule has 7 heteroatoms. The lowest BCUT2D eigenvalue weighted by molar-refractivity contribution is 0.00578. The molecule has 1 aliphatic rings. The van der Waals surface area contributed by atoms with Crippen molar-refractivity contribution in [2.24, 2.45) is 0 Å². The highest BCUT2D eigenvalue weighted by molar-refractivity contribution is 6.62. The van der Waals surface area contributed by atoms with E-state index in [2.05, 4.69) is 0 Å². The van der Waals surface area contributed by atoms with Crippen LogP contribution in [0, 0.1) is 5.82 Å². The van der Waals surface area contributed by atoms with E-state index in [1.54, 1.807) is 7.11 Å². The maximum Gasteiger partial charge on any atom is 0.495 e.